The third-order valence-corrected chi connectivity index (χ3v) is 7.36. The molecule has 134 valence electrons. The molecule has 1 heteroatoms. The van der Waals surface area contributed by atoms with E-state index in [1.54, 1.807) is 0 Å². The Hall–Kier alpha value is -1.76. The Labute approximate surface area is 152 Å². The van der Waals surface area contributed by atoms with E-state index in [0.717, 1.165) is 0 Å². The minimum atomic E-state index is 0.160. The fourth-order valence-corrected chi connectivity index (χ4v) is 4.55. The number of H-pyrrole nitrogens is 1. The Morgan fingerprint density at radius 2 is 1.20 bits per heavy atom. The summed E-state index contributed by atoms with van der Waals surface area (Å²) in [6.07, 6.45) is 0. The summed E-state index contributed by atoms with van der Waals surface area (Å²) >= 11 is 0. The monoisotopic (exact) mass is 335 g/mol. The molecule has 1 N–H and O–H groups in total. The van der Waals surface area contributed by atoms with Crippen molar-refractivity contribution >= 4 is 21.8 Å². The summed E-state index contributed by atoms with van der Waals surface area (Å²) in [5, 5.41) is 2.71. The quantitative estimate of drug-likeness (QED) is 0.445. The van der Waals surface area contributed by atoms with Gasteiger partial charge in [-0.1, -0.05) is 67.0 Å². The minimum Gasteiger partial charge on any atom is -0.355 e. The van der Waals surface area contributed by atoms with Crippen molar-refractivity contribution in [2.24, 2.45) is 5.41 Å². The van der Waals surface area contributed by atoms with Crippen LogP contribution in [0.15, 0.2) is 30.3 Å². The summed E-state index contributed by atoms with van der Waals surface area (Å²) in [7, 11) is 0. The first-order valence-electron chi connectivity index (χ1n) is 9.64. The molecule has 25 heavy (non-hydrogen) atoms. The smallest absolute Gasteiger partial charge is 0.0468 e. The van der Waals surface area contributed by atoms with E-state index in [-0.39, 0.29) is 16.2 Å². The number of fused-ring (bicyclic) bond motifs is 4. The molecule has 0 aliphatic heterocycles. The molecule has 0 fully saturated rings. The summed E-state index contributed by atoms with van der Waals surface area (Å²) in [6, 6.07) is 11.6. The lowest BCUT2D eigenvalue weighted by atomic mass is 9.59. The average Bonchev–Trinajstić information content (AvgIpc) is 2.95. The lowest BCUT2D eigenvalue weighted by molar-refractivity contribution is 0.125. The summed E-state index contributed by atoms with van der Waals surface area (Å²) in [5.41, 5.74) is 7.38. The van der Waals surface area contributed by atoms with Crippen molar-refractivity contribution < 1.29 is 0 Å². The van der Waals surface area contributed by atoms with Gasteiger partial charge in [0.25, 0.3) is 0 Å². The molecule has 0 saturated heterocycles. The molecule has 1 nitrogen and oxygen atoms in total. The number of hydrogen-bond acceptors (Lipinski definition) is 0. The van der Waals surface area contributed by atoms with Gasteiger partial charge < -0.3 is 4.98 Å². The van der Waals surface area contributed by atoms with Crippen LogP contribution in [0.2, 0.25) is 0 Å². The average molecular weight is 336 g/mol. The summed E-state index contributed by atoms with van der Waals surface area (Å²) in [4.78, 5) is 3.63. The van der Waals surface area contributed by atoms with E-state index in [0.29, 0.717) is 0 Å². The molecule has 1 aliphatic rings. The molecule has 3 aromatic rings. The topological polar surface area (TPSA) is 15.8 Å². The fraction of sp³-hybridized carbons (Fsp3) is 0.500. The van der Waals surface area contributed by atoms with Crippen molar-refractivity contribution in [3.8, 4) is 0 Å². The van der Waals surface area contributed by atoms with Gasteiger partial charge in [0.15, 0.2) is 0 Å². The van der Waals surface area contributed by atoms with Crippen LogP contribution in [-0.4, -0.2) is 4.98 Å². The molecule has 0 unspecified atom stereocenters. The zero-order valence-electron chi connectivity index (χ0n) is 17.4. The van der Waals surface area contributed by atoms with Gasteiger partial charge >= 0.3 is 0 Å². The van der Waals surface area contributed by atoms with Crippen LogP contribution in [-0.2, 0) is 10.8 Å². The third-order valence-electron chi connectivity index (χ3n) is 7.36. The highest BCUT2D eigenvalue weighted by Crippen LogP contribution is 2.62. The van der Waals surface area contributed by atoms with Gasteiger partial charge in [0.1, 0.15) is 0 Å². The lowest BCUT2D eigenvalue weighted by Crippen LogP contribution is -2.42. The largest absolute Gasteiger partial charge is 0.355 e. The molecular weight excluding hydrogens is 302 g/mol. The predicted molar refractivity (Wildman–Crippen MR) is 112 cm³/mol. The maximum atomic E-state index is 3.63. The molecule has 1 heterocycles. The third kappa shape index (κ3) is 2.14. The second-order valence-electron chi connectivity index (χ2n) is 8.99. The van der Waals surface area contributed by atoms with Crippen LogP contribution in [0.25, 0.3) is 21.8 Å². The highest BCUT2D eigenvalue weighted by atomic mass is 14.7. The molecule has 1 aromatic heterocycles. The minimum absolute atomic E-state index is 0.160. The van der Waals surface area contributed by atoms with Crippen LogP contribution in [0, 0.1) is 12.3 Å². The van der Waals surface area contributed by atoms with E-state index in [1.165, 1.54) is 38.5 Å². The Kier molecular flexibility index (Phi) is 3.87. The lowest BCUT2D eigenvalue weighted by Gasteiger charge is -2.44. The maximum Gasteiger partial charge on any atom is 0.0468 e. The van der Waals surface area contributed by atoms with E-state index in [2.05, 4.69) is 83.8 Å². The molecule has 0 saturated carbocycles. The van der Waals surface area contributed by atoms with Gasteiger partial charge in [-0.25, -0.2) is 0 Å². The normalized spacial score (nSPS) is 19.6. The highest BCUT2D eigenvalue weighted by Gasteiger charge is 2.56. The number of hydrogen-bond donors (Lipinski definition) is 1. The predicted octanol–water partition coefficient (Wildman–Crippen LogP) is 7.25. The van der Waals surface area contributed by atoms with Gasteiger partial charge in [-0.3, -0.25) is 0 Å². The number of aryl methyl sites for hydroxylation is 1. The summed E-state index contributed by atoms with van der Waals surface area (Å²) in [5.74, 6) is 0. The van der Waals surface area contributed by atoms with Gasteiger partial charge in [-0.15, -0.1) is 0 Å². The molecule has 4 rings (SSSR count). The van der Waals surface area contributed by atoms with Crippen LogP contribution in [0.3, 0.4) is 0 Å². The number of rotatable bonds is 0. The van der Waals surface area contributed by atoms with Gasteiger partial charge in [-0.05, 0) is 58.6 Å². The van der Waals surface area contributed by atoms with Crippen LogP contribution in [0.1, 0.15) is 72.1 Å². The molecule has 0 radical (unpaired) electrons. The summed E-state index contributed by atoms with van der Waals surface area (Å²) < 4.78 is 0. The Balaban J connectivity index is 0.000000880. The molecule has 1 aliphatic carbocycles. The van der Waals surface area contributed by atoms with Crippen molar-refractivity contribution in [1.29, 1.82) is 0 Å². The molecule has 0 spiro atoms. The Morgan fingerprint density at radius 1 is 0.680 bits per heavy atom. The second-order valence-corrected chi connectivity index (χ2v) is 8.99. The fourth-order valence-electron chi connectivity index (χ4n) is 4.55. The summed E-state index contributed by atoms with van der Waals surface area (Å²) in [6.45, 7) is 20.6. The maximum absolute atomic E-state index is 3.63. The Bertz CT molecular complexity index is 951. The molecule has 0 amide bonds. The number of aromatic amines is 1. The SMILES string of the molecule is CC.Cc1ccc2[nH]c3cc4c(cc3c2c1)C(C)(C)C(C)(C)C4(C)C. The van der Waals surface area contributed by atoms with Crippen LogP contribution in [0.5, 0.6) is 0 Å². The first-order valence-corrected chi connectivity index (χ1v) is 9.64. The van der Waals surface area contributed by atoms with Gasteiger partial charge in [-0.2, -0.15) is 0 Å². The van der Waals surface area contributed by atoms with E-state index in [4.69, 9.17) is 0 Å². The van der Waals surface area contributed by atoms with Crippen molar-refractivity contribution in [1.82, 2.24) is 4.98 Å². The van der Waals surface area contributed by atoms with E-state index in [9.17, 15) is 0 Å². The Morgan fingerprint density at radius 3 is 1.80 bits per heavy atom. The van der Waals surface area contributed by atoms with Crippen molar-refractivity contribution in [3.63, 3.8) is 0 Å². The first-order chi connectivity index (χ1) is 11.6. The number of nitrogens with one attached hydrogen (secondary N) is 1. The van der Waals surface area contributed by atoms with Crippen molar-refractivity contribution in [2.45, 2.75) is 73.1 Å². The first kappa shape index (κ1) is 18.0. The zero-order chi connectivity index (χ0) is 18.8. The van der Waals surface area contributed by atoms with Crippen LogP contribution < -0.4 is 0 Å². The van der Waals surface area contributed by atoms with Crippen molar-refractivity contribution in [3.05, 3.63) is 47.0 Å². The van der Waals surface area contributed by atoms with Crippen LogP contribution in [0.4, 0.5) is 0 Å². The van der Waals surface area contributed by atoms with Gasteiger partial charge in [0.05, 0.1) is 0 Å². The number of benzene rings is 2. The van der Waals surface area contributed by atoms with Crippen LogP contribution >= 0.6 is 0 Å². The number of aromatic nitrogens is 1. The molecule has 0 bridgehead atoms. The zero-order valence-corrected chi connectivity index (χ0v) is 17.4. The van der Waals surface area contributed by atoms with E-state index in [1.807, 2.05) is 13.8 Å². The van der Waals surface area contributed by atoms with Gasteiger partial charge in [0, 0.05) is 21.8 Å². The highest BCUT2D eigenvalue weighted by molar-refractivity contribution is 6.08. The van der Waals surface area contributed by atoms with E-state index < -0.39 is 0 Å². The van der Waals surface area contributed by atoms with Gasteiger partial charge in [0.2, 0.25) is 0 Å². The molecular formula is C24H33N. The molecule has 2 aromatic carbocycles. The standard InChI is InChI=1S/C22H27N.C2H6/c1-13-8-9-18-14(10-13)15-11-16-17(12-19(15)23-18)21(4,5)22(6,7)20(16,2)3;1-2/h8-12,23H,1-7H3;1-2H3. The van der Waals surface area contributed by atoms with Crippen molar-refractivity contribution in [2.75, 3.05) is 0 Å². The second kappa shape index (κ2) is 5.37. The van der Waals surface area contributed by atoms with E-state index >= 15 is 0 Å². The molecule has 0 atom stereocenters.